The number of methoxy groups -OCH3 is 2. The number of hydrogen-bond acceptors (Lipinski definition) is 11. The summed E-state index contributed by atoms with van der Waals surface area (Å²) in [6.07, 6.45) is 14.6. The molecule has 1 aliphatic rings. The SMILES string of the molecule is C/C=C/Oc1cc(CCC(=O)CC(=O)CCc2ccc(OC(=O)CCC(=O)Oc3c(C)c(C)c4c(c3C)C(=O)CC(C)(CCCC(C)CCCC(C)CCCC(C)C)O4)c(OC)c2)cc(OC)c1. The third-order valence-corrected chi connectivity index (χ3v) is 13.1. The molecular formula is C57H78O11. The van der Waals surface area contributed by atoms with Crippen molar-refractivity contribution in [2.24, 2.45) is 17.8 Å². The highest BCUT2D eigenvalue weighted by atomic mass is 16.6. The van der Waals surface area contributed by atoms with Crippen LogP contribution >= 0.6 is 0 Å². The van der Waals surface area contributed by atoms with Crippen LogP contribution in [-0.4, -0.2) is 49.1 Å². The van der Waals surface area contributed by atoms with Crippen molar-refractivity contribution in [3.8, 4) is 34.5 Å². The number of fused-ring (bicyclic) bond motifs is 1. The summed E-state index contributed by atoms with van der Waals surface area (Å²) in [4.78, 5) is 65.4. The van der Waals surface area contributed by atoms with Crippen molar-refractivity contribution in [3.63, 3.8) is 0 Å². The molecule has 3 aromatic carbocycles. The van der Waals surface area contributed by atoms with Crippen LogP contribution < -0.4 is 28.4 Å². The van der Waals surface area contributed by atoms with E-state index in [1.165, 1.54) is 45.6 Å². The Morgan fingerprint density at radius 3 is 1.91 bits per heavy atom. The molecule has 3 unspecified atom stereocenters. The molecule has 0 radical (unpaired) electrons. The molecule has 68 heavy (non-hydrogen) atoms. The Bertz CT molecular complexity index is 2240. The zero-order valence-corrected chi connectivity index (χ0v) is 42.9. The van der Waals surface area contributed by atoms with E-state index in [-0.39, 0.29) is 67.4 Å². The van der Waals surface area contributed by atoms with Crippen LogP contribution in [-0.2, 0) is 32.0 Å². The lowest BCUT2D eigenvalue weighted by Gasteiger charge is -2.37. The first-order valence-corrected chi connectivity index (χ1v) is 24.8. The van der Waals surface area contributed by atoms with Crippen molar-refractivity contribution >= 4 is 29.3 Å². The van der Waals surface area contributed by atoms with Crippen molar-refractivity contribution < 1.29 is 52.4 Å². The zero-order chi connectivity index (χ0) is 50.0. The molecule has 1 aliphatic heterocycles. The number of benzene rings is 3. The van der Waals surface area contributed by atoms with E-state index in [0.717, 1.165) is 47.8 Å². The lowest BCUT2D eigenvalue weighted by Crippen LogP contribution is -2.40. The maximum Gasteiger partial charge on any atom is 0.311 e. The third-order valence-electron chi connectivity index (χ3n) is 13.1. The number of Topliss-reactive ketones (excluding diaryl/α,β-unsaturated/α-hetero) is 3. The van der Waals surface area contributed by atoms with Gasteiger partial charge < -0.3 is 28.4 Å². The van der Waals surface area contributed by atoms with E-state index in [0.29, 0.717) is 58.4 Å². The molecule has 0 fully saturated rings. The van der Waals surface area contributed by atoms with Gasteiger partial charge in [-0.2, -0.15) is 0 Å². The Kier molecular flexibility index (Phi) is 21.8. The zero-order valence-electron chi connectivity index (χ0n) is 42.9. The Morgan fingerprint density at radius 2 is 1.29 bits per heavy atom. The molecule has 4 rings (SSSR count). The molecule has 0 saturated heterocycles. The predicted octanol–water partition coefficient (Wildman–Crippen LogP) is 13.1. The second kappa shape index (κ2) is 26.9. The van der Waals surface area contributed by atoms with Gasteiger partial charge in [0.15, 0.2) is 17.3 Å². The van der Waals surface area contributed by atoms with Gasteiger partial charge in [-0.15, -0.1) is 0 Å². The lowest BCUT2D eigenvalue weighted by molar-refractivity contribution is -0.140. The Balaban J connectivity index is 1.23. The maximum atomic E-state index is 13.8. The van der Waals surface area contributed by atoms with Crippen molar-refractivity contribution in [1.82, 2.24) is 0 Å². The van der Waals surface area contributed by atoms with Crippen molar-refractivity contribution in [2.45, 2.75) is 177 Å². The van der Waals surface area contributed by atoms with Crippen LogP contribution in [0.1, 0.15) is 176 Å². The van der Waals surface area contributed by atoms with Crippen LogP contribution in [0, 0.1) is 38.5 Å². The minimum absolute atomic E-state index is 0.0289. The minimum Gasteiger partial charge on any atom is -0.497 e. The van der Waals surface area contributed by atoms with E-state index in [9.17, 15) is 24.0 Å². The number of ether oxygens (including phenoxy) is 6. The molecule has 11 nitrogen and oxygen atoms in total. The summed E-state index contributed by atoms with van der Waals surface area (Å²) in [6.45, 7) is 18.7. The molecule has 11 heteroatoms. The molecule has 3 aromatic rings. The van der Waals surface area contributed by atoms with Gasteiger partial charge in [0, 0.05) is 24.5 Å². The van der Waals surface area contributed by atoms with Gasteiger partial charge in [-0.1, -0.05) is 84.8 Å². The number of ketones is 3. The molecule has 0 N–H and O–H groups in total. The minimum atomic E-state index is -0.661. The van der Waals surface area contributed by atoms with Crippen LogP contribution in [0.5, 0.6) is 34.5 Å². The molecule has 0 aliphatic carbocycles. The normalized spacial score (nSPS) is 15.4. The second-order valence-electron chi connectivity index (χ2n) is 19.7. The number of carbonyl (C=O) groups excluding carboxylic acids is 5. The van der Waals surface area contributed by atoms with Crippen molar-refractivity contribution in [3.05, 3.63) is 82.1 Å². The van der Waals surface area contributed by atoms with E-state index in [1.807, 2.05) is 39.8 Å². The van der Waals surface area contributed by atoms with E-state index in [2.05, 4.69) is 27.7 Å². The third kappa shape index (κ3) is 17.3. The van der Waals surface area contributed by atoms with Gasteiger partial charge in [0.2, 0.25) is 0 Å². The molecule has 0 bridgehead atoms. The summed E-state index contributed by atoms with van der Waals surface area (Å²) in [5, 5.41) is 0. The smallest absolute Gasteiger partial charge is 0.311 e. The van der Waals surface area contributed by atoms with Crippen LogP contribution in [0.3, 0.4) is 0 Å². The van der Waals surface area contributed by atoms with Gasteiger partial charge in [-0.25, -0.2) is 0 Å². The van der Waals surface area contributed by atoms with E-state index >= 15 is 0 Å². The summed E-state index contributed by atoms with van der Waals surface area (Å²) in [6, 6.07) is 10.4. The molecule has 0 spiro atoms. The van der Waals surface area contributed by atoms with Gasteiger partial charge in [0.25, 0.3) is 0 Å². The highest BCUT2D eigenvalue weighted by Gasteiger charge is 2.39. The number of carbonyl (C=O) groups is 5. The number of hydrogen-bond donors (Lipinski definition) is 0. The fourth-order valence-electron chi connectivity index (χ4n) is 8.93. The molecular weight excluding hydrogens is 861 g/mol. The molecule has 0 aromatic heterocycles. The van der Waals surface area contributed by atoms with Gasteiger partial charge in [0.05, 0.1) is 51.7 Å². The summed E-state index contributed by atoms with van der Waals surface area (Å²) in [5.41, 5.74) is 3.46. The van der Waals surface area contributed by atoms with E-state index < -0.39 is 17.5 Å². The van der Waals surface area contributed by atoms with Gasteiger partial charge in [-0.3, -0.25) is 24.0 Å². The first-order chi connectivity index (χ1) is 32.3. The van der Waals surface area contributed by atoms with Crippen LogP contribution in [0.25, 0.3) is 0 Å². The quantitative estimate of drug-likeness (QED) is 0.0284. The number of esters is 2. The average Bonchev–Trinajstić information content (AvgIpc) is 3.29. The first-order valence-electron chi connectivity index (χ1n) is 24.8. The molecule has 3 atom stereocenters. The largest absolute Gasteiger partial charge is 0.497 e. The summed E-state index contributed by atoms with van der Waals surface area (Å²) >= 11 is 0. The second-order valence-corrected chi connectivity index (χ2v) is 19.7. The Morgan fingerprint density at radius 1 is 0.691 bits per heavy atom. The number of allylic oxidation sites excluding steroid dienone is 1. The monoisotopic (exact) mass is 939 g/mol. The Hall–Kier alpha value is -5.45. The summed E-state index contributed by atoms with van der Waals surface area (Å²) in [7, 11) is 3.01. The molecule has 1 heterocycles. The topological polar surface area (TPSA) is 141 Å². The van der Waals surface area contributed by atoms with E-state index in [4.69, 9.17) is 28.4 Å². The van der Waals surface area contributed by atoms with Crippen LogP contribution in [0.4, 0.5) is 0 Å². The Labute approximate surface area is 406 Å². The van der Waals surface area contributed by atoms with Crippen LogP contribution in [0.2, 0.25) is 0 Å². The van der Waals surface area contributed by atoms with E-state index in [1.54, 1.807) is 50.6 Å². The average molecular weight is 939 g/mol. The molecule has 372 valence electrons. The molecule has 0 amide bonds. The van der Waals surface area contributed by atoms with Gasteiger partial charge >= 0.3 is 11.9 Å². The fourth-order valence-corrected chi connectivity index (χ4v) is 8.93. The molecule has 0 saturated carbocycles. The standard InChI is InChI=1S/C57H78O11/c1-12-30-65-48-32-44(31-47(35-48)63-10)22-25-46(59)34-45(58)24-21-43-23-26-50(51(33-43)64-11)66-52(61)27-28-53(62)67-55-40(6)41(7)56-54(42(55)8)49(60)36-57(9,68-56)29-15-20-39(5)19-14-18-38(4)17-13-16-37(2)3/h12,23,26,30-33,35,37-39H,13-22,24-25,27-29,34,36H2,1-11H3/b30-12+. The van der Waals surface area contributed by atoms with Gasteiger partial charge in [-0.05, 0) is 125 Å². The van der Waals surface area contributed by atoms with Crippen molar-refractivity contribution in [2.75, 3.05) is 14.2 Å². The number of aryl methyl sites for hydroxylation is 2. The number of rotatable bonds is 29. The predicted molar refractivity (Wildman–Crippen MR) is 267 cm³/mol. The van der Waals surface area contributed by atoms with Crippen LogP contribution in [0.15, 0.2) is 48.7 Å². The highest BCUT2D eigenvalue weighted by molar-refractivity contribution is 6.03. The lowest BCUT2D eigenvalue weighted by atomic mass is 9.83. The summed E-state index contributed by atoms with van der Waals surface area (Å²) in [5.74, 6) is 3.05. The first kappa shape index (κ1) is 55.1. The highest BCUT2D eigenvalue weighted by Crippen LogP contribution is 2.45. The van der Waals surface area contributed by atoms with Crippen molar-refractivity contribution in [1.29, 1.82) is 0 Å². The fraction of sp³-hybridized carbons (Fsp3) is 0.561. The summed E-state index contributed by atoms with van der Waals surface area (Å²) < 4.78 is 34.5. The van der Waals surface area contributed by atoms with Gasteiger partial charge in [0.1, 0.15) is 40.2 Å². The maximum absolute atomic E-state index is 13.8.